The van der Waals surface area contributed by atoms with Crippen LogP contribution in [0, 0.1) is 0 Å². The molecule has 0 spiro atoms. The number of halogens is 6. The van der Waals surface area contributed by atoms with Crippen LogP contribution < -0.4 is 5.32 Å². The van der Waals surface area contributed by atoms with E-state index >= 15 is 0 Å². The van der Waals surface area contributed by atoms with Crippen molar-refractivity contribution in [2.24, 2.45) is 0 Å². The molecule has 0 saturated heterocycles. The molecule has 0 aliphatic rings. The number of benzene rings is 3. The second-order valence-electron chi connectivity index (χ2n) is 9.54. The van der Waals surface area contributed by atoms with Crippen molar-refractivity contribution >= 4 is 28.3 Å². The SMILES string of the molecule is FC(F)(F)c1ccc2nc(-c3ccc(-c4ccc(CNCc5cnn(-c6ccccc6)n5)cc4)s3)[nH]c2c1.O=C(O)C(F)(F)F. The molecule has 3 heterocycles. The van der Waals surface area contributed by atoms with Gasteiger partial charge in [-0.15, -0.1) is 11.3 Å². The van der Waals surface area contributed by atoms with E-state index in [0.717, 1.165) is 44.4 Å². The highest BCUT2D eigenvalue weighted by Gasteiger charge is 2.38. The average Bonchev–Trinajstić information content (AvgIpc) is 3.77. The number of aromatic nitrogens is 5. The van der Waals surface area contributed by atoms with Gasteiger partial charge in [0.05, 0.1) is 39.1 Å². The highest BCUT2D eigenvalue weighted by molar-refractivity contribution is 7.18. The van der Waals surface area contributed by atoms with E-state index in [4.69, 9.17) is 9.90 Å². The number of hydrogen-bond acceptors (Lipinski definition) is 6. The highest BCUT2D eigenvalue weighted by Crippen LogP contribution is 2.35. The summed E-state index contributed by atoms with van der Waals surface area (Å²) < 4.78 is 70.8. The smallest absolute Gasteiger partial charge is 0.475 e. The number of carboxylic acid groups (broad SMARTS) is 1. The number of hydrogen-bond donors (Lipinski definition) is 3. The summed E-state index contributed by atoms with van der Waals surface area (Å²) in [5, 5.41) is 19.4. The van der Waals surface area contributed by atoms with Crippen LogP contribution in [0.5, 0.6) is 0 Å². The summed E-state index contributed by atoms with van der Waals surface area (Å²) in [5.74, 6) is -2.20. The number of carboxylic acids is 1. The number of H-pyrrole nitrogens is 1. The Balaban J connectivity index is 0.000000515. The normalized spacial score (nSPS) is 11.8. The predicted molar refractivity (Wildman–Crippen MR) is 155 cm³/mol. The number of thiophene rings is 1. The number of aliphatic carboxylic acids is 1. The molecule has 0 saturated carbocycles. The Hall–Kier alpha value is -5.02. The van der Waals surface area contributed by atoms with E-state index in [0.29, 0.717) is 29.9 Å². The fraction of sp³-hybridized carbons (Fsp3) is 0.133. The molecule has 0 fully saturated rings. The second kappa shape index (κ2) is 12.9. The lowest BCUT2D eigenvalue weighted by atomic mass is 10.1. The minimum Gasteiger partial charge on any atom is -0.475 e. The van der Waals surface area contributed by atoms with Crippen LogP contribution in [0.3, 0.4) is 0 Å². The van der Waals surface area contributed by atoms with Gasteiger partial charge < -0.3 is 15.4 Å². The van der Waals surface area contributed by atoms with E-state index in [9.17, 15) is 26.3 Å². The summed E-state index contributed by atoms with van der Waals surface area (Å²) in [7, 11) is 0. The van der Waals surface area contributed by atoms with E-state index in [1.807, 2.05) is 42.5 Å². The van der Waals surface area contributed by atoms with Crippen LogP contribution in [0.25, 0.3) is 37.9 Å². The Morgan fingerprint density at radius 1 is 0.889 bits per heavy atom. The quantitative estimate of drug-likeness (QED) is 0.156. The van der Waals surface area contributed by atoms with Gasteiger partial charge in [-0.25, -0.2) is 9.78 Å². The molecule has 15 heteroatoms. The number of para-hydroxylation sites is 1. The third-order valence-corrected chi connectivity index (χ3v) is 7.43. The van der Waals surface area contributed by atoms with Crippen LogP contribution in [0.2, 0.25) is 0 Å². The van der Waals surface area contributed by atoms with Crippen molar-refractivity contribution in [3.63, 3.8) is 0 Å². The van der Waals surface area contributed by atoms with Crippen molar-refractivity contribution in [2.75, 3.05) is 0 Å². The van der Waals surface area contributed by atoms with E-state index in [2.05, 4.69) is 49.7 Å². The first-order valence-electron chi connectivity index (χ1n) is 13.1. The first-order valence-corrected chi connectivity index (χ1v) is 13.9. The second-order valence-corrected chi connectivity index (χ2v) is 10.6. The summed E-state index contributed by atoms with van der Waals surface area (Å²) in [5.41, 5.74) is 4.15. The van der Waals surface area contributed by atoms with Crippen LogP contribution in [-0.2, 0) is 24.1 Å². The van der Waals surface area contributed by atoms with Gasteiger partial charge in [-0.2, -0.15) is 41.3 Å². The van der Waals surface area contributed by atoms with E-state index < -0.39 is 23.9 Å². The molecule has 6 rings (SSSR count). The molecule has 0 atom stereocenters. The molecule has 232 valence electrons. The number of rotatable bonds is 7. The zero-order valence-corrected chi connectivity index (χ0v) is 23.7. The molecular weight excluding hydrogens is 622 g/mol. The average molecular weight is 645 g/mol. The minimum absolute atomic E-state index is 0.365. The van der Waals surface area contributed by atoms with Gasteiger partial charge in [0.15, 0.2) is 0 Å². The van der Waals surface area contributed by atoms with E-state index in [1.54, 1.807) is 11.0 Å². The standard InChI is InChI=1S/C28H21F3N6S.C2HF3O2/c29-28(30,31)20-10-11-23-24(14-20)35-27(34-23)26-13-12-25(38-26)19-8-6-18(7-9-19)15-32-16-21-17-33-37(36-21)22-4-2-1-3-5-22;3-2(4,5)1(6)7/h1-14,17,32H,15-16H2,(H,34,35);(H,6,7). The van der Waals surface area contributed by atoms with Gasteiger partial charge in [-0.3, -0.25) is 0 Å². The molecular formula is C30H22F6N6O2S. The van der Waals surface area contributed by atoms with Gasteiger partial charge in [-0.05, 0) is 53.6 Å². The van der Waals surface area contributed by atoms with Gasteiger partial charge in [0.2, 0.25) is 0 Å². The first kappa shape index (κ1) is 31.4. The Bertz CT molecular complexity index is 1900. The topological polar surface area (TPSA) is 109 Å². The fourth-order valence-electron chi connectivity index (χ4n) is 4.11. The monoisotopic (exact) mass is 644 g/mol. The number of nitrogens with one attached hydrogen (secondary N) is 2. The number of aromatic amines is 1. The van der Waals surface area contributed by atoms with E-state index in [-0.39, 0.29) is 0 Å². The maximum Gasteiger partial charge on any atom is 0.490 e. The molecule has 0 unspecified atom stereocenters. The third kappa shape index (κ3) is 7.93. The van der Waals surface area contributed by atoms with Crippen molar-refractivity contribution in [3.8, 4) is 26.8 Å². The molecule has 8 nitrogen and oxygen atoms in total. The van der Waals surface area contributed by atoms with Crippen molar-refractivity contribution < 1.29 is 36.2 Å². The van der Waals surface area contributed by atoms with Crippen LogP contribution in [0.4, 0.5) is 26.3 Å². The molecule has 3 aromatic carbocycles. The van der Waals surface area contributed by atoms with Gasteiger partial charge in [0.1, 0.15) is 5.82 Å². The maximum atomic E-state index is 13.0. The number of nitrogens with zero attached hydrogens (tertiary/aromatic N) is 4. The molecule has 0 bridgehead atoms. The molecule has 6 aromatic rings. The van der Waals surface area contributed by atoms with Crippen molar-refractivity contribution in [1.82, 2.24) is 30.3 Å². The summed E-state index contributed by atoms with van der Waals surface area (Å²) in [6.45, 7) is 1.29. The maximum absolute atomic E-state index is 13.0. The predicted octanol–water partition coefficient (Wildman–Crippen LogP) is 7.48. The zero-order chi connectivity index (χ0) is 32.2. The van der Waals surface area contributed by atoms with Crippen LogP contribution in [0.15, 0.2) is 91.1 Å². The molecule has 0 amide bonds. The largest absolute Gasteiger partial charge is 0.490 e. The Morgan fingerprint density at radius 2 is 1.58 bits per heavy atom. The number of fused-ring (bicyclic) bond motifs is 1. The van der Waals surface area contributed by atoms with Crippen LogP contribution in [0.1, 0.15) is 16.8 Å². The minimum atomic E-state index is -5.08. The summed E-state index contributed by atoms with van der Waals surface area (Å²) in [6, 6.07) is 25.5. The summed E-state index contributed by atoms with van der Waals surface area (Å²) in [4.78, 5) is 19.9. The summed E-state index contributed by atoms with van der Waals surface area (Å²) >= 11 is 1.54. The number of alkyl halides is 6. The lowest BCUT2D eigenvalue weighted by Gasteiger charge is -2.05. The lowest BCUT2D eigenvalue weighted by molar-refractivity contribution is -0.192. The Labute approximate surface area is 255 Å². The third-order valence-electron chi connectivity index (χ3n) is 6.29. The van der Waals surface area contributed by atoms with Crippen molar-refractivity contribution in [1.29, 1.82) is 0 Å². The number of carbonyl (C=O) groups is 1. The van der Waals surface area contributed by atoms with Gasteiger partial charge in [-0.1, -0.05) is 42.5 Å². The van der Waals surface area contributed by atoms with Gasteiger partial charge >= 0.3 is 18.3 Å². The van der Waals surface area contributed by atoms with Gasteiger partial charge in [0, 0.05) is 18.0 Å². The van der Waals surface area contributed by atoms with E-state index in [1.165, 1.54) is 17.4 Å². The fourth-order valence-corrected chi connectivity index (χ4v) is 5.06. The molecule has 45 heavy (non-hydrogen) atoms. The Morgan fingerprint density at radius 3 is 2.24 bits per heavy atom. The zero-order valence-electron chi connectivity index (χ0n) is 22.9. The molecule has 0 radical (unpaired) electrons. The molecule has 0 aliphatic heterocycles. The lowest BCUT2D eigenvalue weighted by Crippen LogP contribution is -2.21. The molecule has 3 aromatic heterocycles. The van der Waals surface area contributed by atoms with Gasteiger partial charge in [0.25, 0.3) is 0 Å². The Kier molecular flexibility index (Phi) is 9.01. The highest BCUT2D eigenvalue weighted by atomic mass is 32.1. The number of imidazole rings is 1. The van der Waals surface area contributed by atoms with Crippen LogP contribution >= 0.6 is 11.3 Å². The first-order chi connectivity index (χ1) is 21.4. The van der Waals surface area contributed by atoms with Crippen molar-refractivity contribution in [2.45, 2.75) is 25.4 Å². The van der Waals surface area contributed by atoms with Crippen LogP contribution in [-0.4, -0.2) is 42.2 Å². The molecule has 0 aliphatic carbocycles. The van der Waals surface area contributed by atoms with Crippen molar-refractivity contribution in [3.05, 3.63) is 108 Å². The molecule has 3 N–H and O–H groups in total. The summed E-state index contributed by atoms with van der Waals surface area (Å²) in [6.07, 6.45) is -7.71.